The number of Topliss-reactive ketones (excluding diaryl/α,β-unsaturated/α-hetero) is 1. The van der Waals surface area contributed by atoms with E-state index < -0.39 is 0 Å². The van der Waals surface area contributed by atoms with Crippen LogP contribution in [0.15, 0.2) is 48.5 Å². The highest BCUT2D eigenvalue weighted by molar-refractivity contribution is 6.30. The number of hydrogen-bond donors (Lipinski definition) is 0. The number of methoxy groups -OCH3 is 1. The van der Waals surface area contributed by atoms with Crippen molar-refractivity contribution < 1.29 is 9.53 Å². The van der Waals surface area contributed by atoms with Crippen LogP contribution in [0.25, 0.3) is 0 Å². The zero-order valence-corrected chi connectivity index (χ0v) is 13.1. The number of carbonyl (C=O) groups is 1. The van der Waals surface area contributed by atoms with E-state index in [1.54, 1.807) is 7.11 Å². The predicted molar refractivity (Wildman–Crippen MR) is 86.2 cm³/mol. The van der Waals surface area contributed by atoms with Gasteiger partial charge in [0, 0.05) is 17.4 Å². The third-order valence-corrected chi connectivity index (χ3v) is 3.92. The monoisotopic (exact) mass is 302 g/mol. The molecule has 0 saturated heterocycles. The smallest absolute Gasteiger partial charge is 0.140 e. The summed E-state index contributed by atoms with van der Waals surface area (Å²) < 4.78 is 5.12. The van der Waals surface area contributed by atoms with Gasteiger partial charge in [-0.1, -0.05) is 42.8 Å². The maximum Gasteiger partial charge on any atom is 0.140 e. The Kier molecular flexibility index (Phi) is 5.40. The molecular weight excluding hydrogens is 284 g/mol. The Balaban J connectivity index is 1.92. The van der Waals surface area contributed by atoms with Crippen molar-refractivity contribution in [3.05, 3.63) is 64.7 Å². The largest absolute Gasteiger partial charge is 0.497 e. The van der Waals surface area contributed by atoms with E-state index in [2.05, 4.69) is 0 Å². The summed E-state index contributed by atoms with van der Waals surface area (Å²) in [5.41, 5.74) is 2.16. The Labute approximate surface area is 130 Å². The van der Waals surface area contributed by atoms with Gasteiger partial charge in [-0.25, -0.2) is 0 Å². The Morgan fingerprint density at radius 3 is 2.29 bits per heavy atom. The predicted octanol–water partition coefficient (Wildman–Crippen LogP) is 4.65. The molecule has 0 aliphatic rings. The average Bonchev–Trinajstić information content (AvgIpc) is 2.53. The molecule has 0 bridgehead atoms. The lowest BCUT2D eigenvalue weighted by molar-refractivity contribution is -0.120. The van der Waals surface area contributed by atoms with E-state index in [4.69, 9.17) is 16.3 Å². The van der Waals surface area contributed by atoms with Gasteiger partial charge in [-0.2, -0.15) is 0 Å². The number of benzene rings is 2. The summed E-state index contributed by atoms with van der Waals surface area (Å²) in [6, 6.07) is 15.3. The van der Waals surface area contributed by atoms with E-state index in [1.165, 1.54) is 0 Å². The molecular formula is C18H19ClO2. The topological polar surface area (TPSA) is 26.3 Å². The lowest BCUT2D eigenvalue weighted by Crippen LogP contribution is -2.10. The standard InChI is InChI=1S/C18H19ClO2/c1-13(15-6-8-16(19)9-7-15)18(20)12-5-14-3-10-17(21-2)11-4-14/h3-4,6-11,13H,5,12H2,1-2H3. The third-order valence-electron chi connectivity index (χ3n) is 3.67. The number of hydrogen-bond acceptors (Lipinski definition) is 2. The lowest BCUT2D eigenvalue weighted by atomic mass is 9.93. The highest BCUT2D eigenvalue weighted by Crippen LogP contribution is 2.21. The first kappa shape index (κ1) is 15.6. The molecule has 110 valence electrons. The maximum absolute atomic E-state index is 12.3. The zero-order valence-electron chi connectivity index (χ0n) is 12.3. The first-order chi connectivity index (χ1) is 10.1. The van der Waals surface area contributed by atoms with Gasteiger partial charge < -0.3 is 4.74 Å². The Bertz CT molecular complexity index is 588. The van der Waals surface area contributed by atoms with E-state index in [0.717, 1.165) is 23.3 Å². The fraction of sp³-hybridized carbons (Fsp3) is 0.278. The molecule has 1 atom stereocenters. The van der Waals surface area contributed by atoms with Gasteiger partial charge in [0.15, 0.2) is 0 Å². The zero-order chi connectivity index (χ0) is 15.2. The van der Waals surface area contributed by atoms with Crippen LogP contribution in [-0.2, 0) is 11.2 Å². The van der Waals surface area contributed by atoms with Crippen LogP contribution in [0.3, 0.4) is 0 Å². The number of carbonyl (C=O) groups excluding carboxylic acids is 1. The summed E-state index contributed by atoms with van der Waals surface area (Å²) in [5.74, 6) is 0.980. The van der Waals surface area contributed by atoms with Crippen LogP contribution in [0.5, 0.6) is 5.75 Å². The first-order valence-electron chi connectivity index (χ1n) is 7.01. The van der Waals surface area contributed by atoms with Crippen molar-refractivity contribution >= 4 is 17.4 Å². The minimum atomic E-state index is -0.0967. The molecule has 1 unspecified atom stereocenters. The van der Waals surface area contributed by atoms with Crippen molar-refractivity contribution in [1.29, 1.82) is 0 Å². The van der Waals surface area contributed by atoms with Crippen LogP contribution in [-0.4, -0.2) is 12.9 Å². The van der Waals surface area contributed by atoms with Crippen LogP contribution in [0, 0.1) is 0 Å². The summed E-state index contributed by atoms with van der Waals surface area (Å²) in [5, 5.41) is 0.691. The van der Waals surface area contributed by atoms with Crippen molar-refractivity contribution in [2.24, 2.45) is 0 Å². The van der Waals surface area contributed by atoms with Crippen molar-refractivity contribution in [1.82, 2.24) is 0 Å². The van der Waals surface area contributed by atoms with Crippen LogP contribution in [0.4, 0.5) is 0 Å². The molecule has 0 fully saturated rings. The molecule has 2 rings (SSSR count). The highest BCUT2D eigenvalue weighted by Gasteiger charge is 2.14. The number of halogens is 1. The average molecular weight is 303 g/mol. The SMILES string of the molecule is COc1ccc(CCC(=O)C(C)c2ccc(Cl)cc2)cc1. The Hall–Kier alpha value is -1.80. The van der Waals surface area contributed by atoms with Crippen molar-refractivity contribution in [2.45, 2.75) is 25.7 Å². The highest BCUT2D eigenvalue weighted by atomic mass is 35.5. The molecule has 0 amide bonds. The van der Waals surface area contributed by atoms with Crippen LogP contribution < -0.4 is 4.74 Å². The second-order valence-electron chi connectivity index (χ2n) is 5.09. The second-order valence-corrected chi connectivity index (χ2v) is 5.52. The van der Waals surface area contributed by atoms with Crippen molar-refractivity contribution in [2.75, 3.05) is 7.11 Å². The molecule has 21 heavy (non-hydrogen) atoms. The van der Waals surface area contributed by atoms with Gasteiger partial charge in [0.25, 0.3) is 0 Å². The summed E-state index contributed by atoms with van der Waals surface area (Å²) >= 11 is 5.87. The van der Waals surface area contributed by atoms with Crippen LogP contribution in [0.2, 0.25) is 5.02 Å². The fourth-order valence-corrected chi connectivity index (χ4v) is 2.34. The molecule has 0 aliphatic carbocycles. The lowest BCUT2D eigenvalue weighted by Gasteiger charge is -2.11. The molecule has 0 spiro atoms. The maximum atomic E-state index is 12.3. The van der Waals surface area contributed by atoms with Gasteiger partial charge in [0.1, 0.15) is 11.5 Å². The number of aryl methyl sites for hydroxylation is 1. The summed E-state index contributed by atoms with van der Waals surface area (Å²) in [7, 11) is 1.65. The summed E-state index contributed by atoms with van der Waals surface area (Å²) in [6.45, 7) is 1.94. The van der Waals surface area contributed by atoms with Gasteiger partial charge in [-0.3, -0.25) is 4.79 Å². The normalized spacial score (nSPS) is 12.0. The number of rotatable bonds is 6. The van der Waals surface area contributed by atoms with E-state index in [1.807, 2.05) is 55.5 Å². The molecule has 2 nitrogen and oxygen atoms in total. The van der Waals surface area contributed by atoms with E-state index in [0.29, 0.717) is 11.4 Å². The van der Waals surface area contributed by atoms with Gasteiger partial charge in [0.05, 0.1) is 7.11 Å². The quantitative estimate of drug-likeness (QED) is 0.776. The molecule has 2 aromatic carbocycles. The van der Waals surface area contributed by atoms with Crippen molar-refractivity contribution in [3.63, 3.8) is 0 Å². The van der Waals surface area contributed by atoms with Gasteiger partial charge in [-0.05, 0) is 41.8 Å². The summed E-state index contributed by atoms with van der Waals surface area (Å²) in [6.07, 6.45) is 1.29. The Morgan fingerprint density at radius 1 is 1.10 bits per heavy atom. The van der Waals surface area contributed by atoms with Gasteiger partial charge >= 0.3 is 0 Å². The van der Waals surface area contributed by atoms with Gasteiger partial charge in [0.2, 0.25) is 0 Å². The minimum absolute atomic E-state index is 0.0967. The van der Waals surface area contributed by atoms with E-state index in [-0.39, 0.29) is 11.7 Å². The van der Waals surface area contributed by atoms with Gasteiger partial charge in [-0.15, -0.1) is 0 Å². The second kappa shape index (κ2) is 7.28. The molecule has 3 heteroatoms. The molecule has 0 heterocycles. The third kappa shape index (κ3) is 4.33. The molecule has 0 N–H and O–H groups in total. The van der Waals surface area contributed by atoms with E-state index >= 15 is 0 Å². The molecule has 2 aromatic rings. The van der Waals surface area contributed by atoms with E-state index in [9.17, 15) is 4.79 Å². The number of ether oxygens (including phenoxy) is 1. The molecule has 0 aliphatic heterocycles. The fourth-order valence-electron chi connectivity index (χ4n) is 2.21. The van der Waals surface area contributed by atoms with Crippen LogP contribution in [0.1, 0.15) is 30.4 Å². The molecule has 0 aromatic heterocycles. The number of ketones is 1. The minimum Gasteiger partial charge on any atom is -0.497 e. The first-order valence-corrected chi connectivity index (χ1v) is 7.39. The molecule has 0 saturated carbocycles. The Morgan fingerprint density at radius 2 is 1.71 bits per heavy atom. The van der Waals surface area contributed by atoms with Crippen LogP contribution >= 0.6 is 11.6 Å². The summed E-state index contributed by atoms with van der Waals surface area (Å²) in [4.78, 5) is 12.3. The molecule has 0 radical (unpaired) electrons. The van der Waals surface area contributed by atoms with Crippen molar-refractivity contribution in [3.8, 4) is 5.75 Å².